The summed E-state index contributed by atoms with van der Waals surface area (Å²) in [5.74, 6) is 0.349. The van der Waals surface area contributed by atoms with Gasteiger partial charge in [-0.2, -0.15) is 4.31 Å². The molecule has 4 nitrogen and oxygen atoms in total. The first-order valence-electron chi connectivity index (χ1n) is 6.34. The Labute approximate surface area is 123 Å². The Kier molecular flexibility index (Phi) is 5.25. The number of piperidine rings is 1. The lowest BCUT2D eigenvalue weighted by molar-refractivity contribution is 0.0265. The van der Waals surface area contributed by atoms with E-state index < -0.39 is 10.0 Å². The van der Waals surface area contributed by atoms with Gasteiger partial charge in [0.05, 0.1) is 12.0 Å². The fourth-order valence-electron chi connectivity index (χ4n) is 2.19. The average molecular weight is 324 g/mol. The lowest BCUT2D eigenvalue weighted by Crippen LogP contribution is -2.42. The van der Waals surface area contributed by atoms with Crippen molar-refractivity contribution in [2.24, 2.45) is 0 Å². The van der Waals surface area contributed by atoms with Gasteiger partial charge >= 0.3 is 0 Å². The van der Waals surface area contributed by atoms with E-state index in [2.05, 4.69) is 0 Å². The molecule has 0 aromatic carbocycles. The summed E-state index contributed by atoms with van der Waals surface area (Å²) in [6.07, 6.45) is 1.79. The second-order valence-corrected chi connectivity index (χ2v) is 8.04. The van der Waals surface area contributed by atoms with Crippen LogP contribution in [0.2, 0.25) is 0 Å². The van der Waals surface area contributed by atoms with E-state index in [4.69, 9.17) is 16.3 Å². The van der Waals surface area contributed by atoms with Gasteiger partial charge in [0.25, 0.3) is 10.0 Å². The zero-order valence-electron chi connectivity index (χ0n) is 10.8. The molecular formula is C12H18ClNO3S2. The highest BCUT2D eigenvalue weighted by atomic mass is 35.5. The molecule has 0 N–H and O–H groups in total. The maximum atomic E-state index is 12.5. The van der Waals surface area contributed by atoms with Crippen molar-refractivity contribution in [3.8, 4) is 0 Å². The van der Waals surface area contributed by atoms with Crippen molar-refractivity contribution in [1.29, 1.82) is 0 Å². The molecule has 1 aromatic rings. The normalized spacial score (nSPS) is 21.7. The Bertz CT molecular complexity index is 513. The fourth-order valence-corrected chi connectivity index (χ4v) is 5.31. The number of hydrogen-bond acceptors (Lipinski definition) is 4. The number of thiophene rings is 1. The number of ether oxygens (including phenoxy) is 1. The summed E-state index contributed by atoms with van der Waals surface area (Å²) in [5.41, 5.74) is 0. The van der Waals surface area contributed by atoms with Crippen LogP contribution in [0.15, 0.2) is 16.3 Å². The second kappa shape index (κ2) is 6.54. The minimum absolute atomic E-state index is 0.0148. The first-order valence-corrected chi connectivity index (χ1v) is 9.13. The van der Waals surface area contributed by atoms with Crippen molar-refractivity contribution < 1.29 is 13.2 Å². The van der Waals surface area contributed by atoms with Crippen molar-refractivity contribution in [3.63, 3.8) is 0 Å². The van der Waals surface area contributed by atoms with E-state index in [1.54, 1.807) is 12.1 Å². The molecular weight excluding hydrogens is 306 g/mol. The first kappa shape index (κ1) is 15.3. The lowest BCUT2D eigenvalue weighted by Gasteiger charge is -2.31. The van der Waals surface area contributed by atoms with Crippen molar-refractivity contribution >= 4 is 33.0 Å². The largest absolute Gasteiger partial charge is 0.377 e. The van der Waals surface area contributed by atoms with Gasteiger partial charge in [0, 0.05) is 24.6 Å². The van der Waals surface area contributed by atoms with Gasteiger partial charge in [0.1, 0.15) is 4.21 Å². The molecule has 1 saturated heterocycles. The summed E-state index contributed by atoms with van der Waals surface area (Å²) in [5, 5.41) is 0. The van der Waals surface area contributed by atoms with Crippen molar-refractivity contribution in [1.82, 2.24) is 4.31 Å². The summed E-state index contributed by atoms with van der Waals surface area (Å²) in [6, 6.07) is 3.41. The highest BCUT2D eigenvalue weighted by Crippen LogP contribution is 2.28. The highest BCUT2D eigenvalue weighted by molar-refractivity contribution is 7.91. The molecule has 1 aliphatic heterocycles. The van der Waals surface area contributed by atoms with Crippen molar-refractivity contribution in [3.05, 3.63) is 17.0 Å². The molecule has 0 spiro atoms. The van der Waals surface area contributed by atoms with Crippen LogP contribution < -0.4 is 0 Å². The molecule has 19 heavy (non-hydrogen) atoms. The minimum atomic E-state index is -3.39. The van der Waals surface area contributed by atoms with Crippen LogP contribution in [0, 0.1) is 0 Å². The quantitative estimate of drug-likeness (QED) is 0.783. The van der Waals surface area contributed by atoms with E-state index in [1.165, 1.54) is 15.6 Å². The van der Waals surface area contributed by atoms with Gasteiger partial charge in [-0.1, -0.05) is 0 Å². The van der Waals surface area contributed by atoms with E-state index in [0.29, 0.717) is 29.8 Å². The lowest BCUT2D eigenvalue weighted by atomic mass is 10.1. The Morgan fingerprint density at radius 1 is 1.53 bits per heavy atom. The monoisotopic (exact) mass is 323 g/mol. The number of hydrogen-bond donors (Lipinski definition) is 0. The Balaban J connectivity index is 2.14. The molecule has 2 heterocycles. The predicted octanol–water partition coefficient (Wildman–Crippen LogP) is 2.68. The van der Waals surface area contributed by atoms with Crippen LogP contribution in [0.25, 0.3) is 0 Å². The van der Waals surface area contributed by atoms with E-state index in [0.717, 1.165) is 17.7 Å². The molecule has 108 valence electrons. The topological polar surface area (TPSA) is 46.6 Å². The summed E-state index contributed by atoms with van der Waals surface area (Å²) in [4.78, 5) is 0.874. The fraction of sp³-hybridized carbons (Fsp3) is 0.667. The summed E-state index contributed by atoms with van der Waals surface area (Å²) >= 11 is 6.97. The van der Waals surface area contributed by atoms with Gasteiger partial charge in [-0.05, 0) is 31.9 Å². The molecule has 7 heteroatoms. The van der Waals surface area contributed by atoms with Crippen LogP contribution >= 0.6 is 22.9 Å². The van der Waals surface area contributed by atoms with Gasteiger partial charge in [0.2, 0.25) is 0 Å². The van der Waals surface area contributed by atoms with Crippen molar-refractivity contribution in [2.45, 2.75) is 36.0 Å². The number of alkyl halides is 1. The van der Waals surface area contributed by atoms with E-state index in [9.17, 15) is 8.42 Å². The van der Waals surface area contributed by atoms with Crippen LogP contribution in [0.5, 0.6) is 0 Å². The molecule has 0 bridgehead atoms. The Morgan fingerprint density at radius 3 is 2.95 bits per heavy atom. The smallest absolute Gasteiger partial charge is 0.252 e. The summed E-state index contributed by atoms with van der Waals surface area (Å²) < 4.78 is 32.5. The van der Waals surface area contributed by atoms with Gasteiger partial charge < -0.3 is 4.74 Å². The Morgan fingerprint density at radius 2 is 2.32 bits per heavy atom. The number of rotatable bonds is 5. The standard InChI is InChI=1S/C12H18ClNO3S2/c1-2-17-10-4-3-7-14(9-10)19(15,16)12-6-5-11(8-13)18-12/h5-6,10H,2-4,7-9H2,1H3. The molecule has 0 saturated carbocycles. The number of nitrogens with zero attached hydrogens (tertiary/aromatic N) is 1. The third-order valence-corrected chi connectivity index (χ3v) is 6.97. The molecule has 1 fully saturated rings. The average Bonchev–Trinajstić information content (AvgIpc) is 2.89. The molecule has 1 atom stereocenters. The number of sulfonamides is 1. The number of halogens is 1. The van der Waals surface area contributed by atoms with Crippen LogP contribution in [0.1, 0.15) is 24.6 Å². The van der Waals surface area contributed by atoms with Gasteiger partial charge in [-0.15, -0.1) is 22.9 Å². The van der Waals surface area contributed by atoms with Crippen LogP contribution in [0.3, 0.4) is 0 Å². The molecule has 2 rings (SSSR count). The second-order valence-electron chi connectivity index (χ2n) is 4.44. The summed E-state index contributed by atoms with van der Waals surface area (Å²) in [7, 11) is -3.39. The predicted molar refractivity (Wildman–Crippen MR) is 77.3 cm³/mol. The van der Waals surface area contributed by atoms with Crippen LogP contribution in [-0.4, -0.2) is 38.5 Å². The van der Waals surface area contributed by atoms with Crippen molar-refractivity contribution in [2.75, 3.05) is 19.7 Å². The SMILES string of the molecule is CCOC1CCCN(S(=O)(=O)c2ccc(CCl)s2)C1. The van der Waals surface area contributed by atoms with E-state index in [-0.39, 0.29) is 6.10 Å². The molecule has 1 unspecified atom stereocenters. The van der Waals surface area contributed by atoms with Crippen LogP contribution in [-0.2, 0) is 20.6 Å². The molecule has 1 aromatic heterocycles. The third kappa shape index (κ3) is 3.49. The first-order chi connectivity index (χ1) is 9.07. The van der Waals surface area contributed by atoms with E-state index >= 15 is 0 Å². The zero-order chi connectivity index (χ0) is 13.9. The Hall–Kier alpha value is -0.140. The molecule has 0 radical (unpaired) electrons. The third-order valence-electron chi connectivity index (χ3n) is 3.11. The highest BCUT2D eigenvalue weighted by Gasteiger charge is 2.31. The minimum Gasteiger partial charge on any atom is -0.377 e. The maximum absolute atomic E-state index is 12.5. The maximum Gasteiger partial charge on any atom is 0.252 e. The van der Waals surface area contributed by atoms with Gasteiger partial charge in [0.15, 0.2) is 0 Å². The van der Waals surface area contributed by atoms with Gasteiger partial charge in [-0.25, -0.2) is 8.42 Å². The molecule has 1 aliphatic rings. The van der Waals surface area contributed by atoms with E-state index in [1.807, 2.05) is 6.92 Å². The molecule has 0 amide bonds. The van der Waals surface area contributed by atoms with Crippen LogP contribution in [0.4, 0.5) is 0 Å². The molecule has 0 aliphatic carbocycles. The zero-order valence-corrected chi connectivity index (χ0v) is 13.2. The summed E-state index contributed by atoms with van der Waals surface area (Å²) in [6.45, 7) is 3.57. The van der Waals surface area contributed by atoms with Gasteiger partial charge in [-0.3, -0.25) is 0 Å².